The average Bonchev–Trinajstić information content (AvgIpc) is 2.49. The Balaban J connectivity index is 2.03. The largest absolute Gasteiger partial charge is 0.301 e. The lowest BCUT2D eigenvalue weighted by atomic mass is 10.1. The number of rotatable bonds is 4. The Kier molecular flexibility index (Phi) is 5.05. The summed E-state index contributed by atoms with van der Waals surface area (Å²) in [6, 6.07) is 4.34. The van der Waals surface area contributed by atoms with Crippen LogP contribution >= 0.6 is 0 Å². The van der Waals surface area contributed by atoms with Crippen molar-refractivity contribution in [1.29, 1.82) is 0 Å². The number of halogens is 1. The molecule has 1 amide bonds. The molecule has 20 heavy (non-hydrogen) atoms. The number of benzene rings is 1. The van der Waals surface area contributed by atoms with Crippen molar-refractivity contribution in [1.82, 2.24) is 15.2 Å². The van der Waals surface area contributed by atoms with Crippen LogP contribution in [0.4, 0.5) is 4.39 Å². The Hall–Kier alpha value is -1.50. The molecule has 5 nitrogen and oxygen atoms in total. The van der Waals surface area contributed by atoms with Gasteiger partial charge in [-0.05, 0) is 24.7 Å². The van der Waals surface area contributed by atoms with Crippen LogP contribution in [0.3, 0.4) is 0 Å². The van der Waals surface area contributed by atoms with Gasteiger partial charge in [-0.2, -0.15) is 0 Å². The molecule has 3 N–H and O–H groups in total. The second-order valence-electron chi connectivity index (χ2n) is 4.99. The number of nitrogens with two attached hydrogens (primary N) is 1. The second-order valence-corrected chi connectivity index (χ2v) is 4.99. The van der Waals surface area contributed by atoms with E-state index < -0.39 is 5.91 Å². The lowest BCUT2D eigenvalue weighted by molar-refractivity contribution is 0.0953. The van der Waals surface area contributed by atoms with Crippen LogP contribution in [0, 0.1) is 5.82 Å². The maximum Gasteiger partial charge on any atom is 0.265 e. The maximum atomic E-state index is 13.8. The van der Waals surface area contributed by atoms with Gasteiger partial charge in [0, 0.05) is 43.9 Å². The van der Waals surface area contributed by atoms with Gasteiger partial charge in [0.15, 0.2) is 0 Å². The van der Waals surface area contributed by atoms with E-state index in [-0.39, 0.29) is 5.82 Å². The molecule has 1 heterocycles. The van der Waals surface area contributed by atoms with E-state index in [9.17, 15) is 9.18 Å². The number of amides is 1. The molecule has 0 aliphatic carbocycles. The van der Waals surface area contributed by atoms with Crippen LogP contribution in [-0.2, 0) is 6.54 Å². The summed E-state index contributed by atoms with van der Waals surface area (Å²) >= 11 is 0. The number of carbonyl (C=O) groups excluding carboxylic acids is 1. The minimum Gasteiger partial charge on any atom is -0.301 e. The van der Waals surface area contributed by atoms with Gasteiger partial charge >= 0.3 is 0 Å². The molecule has 6 heteroatoms. The van der Waals surface area contributed by atoms with Gasteiger partial charge in [0.05, 0.1) is 0 Å². The summed E-state index contributed by atoms with van der Waals surface area (Å²) in [5.74, 6) is 4.42. The van der Waals surface area contributed by atoms with E-state index in [1.165, 1.54) is 12.1 Å². The average molecular weight is 280 g/mol. The van der Waals surface area contributed by atoms with Crippen molar-refractivity contribution < 1.29 is 9.18 Å². The van der Waals surface area contributed by atoms with E-state index in [1.807, 2.05) is 0 Å². The first kappa shape index (κ1) is 14.9. The van der Waals surface area contributed by atoms with E-state index in [2.05, 4.69) is 22.1 Å². The highest BCUT2D eigenvalue weighted by atomic mass is 19.1. The second kappa shape index (κ2) is 6.78. The molecule has 1 aliphatic rings. The Bertz CT molecular complexity index is 472. The monoisotopic (exact) mass is 280 g/mol. The maximum absolute atomic E-state index is 13.8. The van der Waals surface area contributed by atoms with Crippen LogP contribution in [-0.4, -0.2) is 48.4 Å². The molecule has 1 aromatic carbocycles. The van der Waals surface area contributed by atoms with Crippen molar-refractivity contribution in [3.63, 3.8) is 0 Å². The number of carbonyl (C=O) groups is 1. The molecule has 0 saturated carbocycles. The van der Waals surface area contributed by atoms with Gasteiger partial charge in [-0.25, -0.2) is 10.2 Å². The normalized spacial score (nSPS) is 17.1. The third kappa shape index (κ3) is 3.53. The number of nitrogen functional groups attached to an aromatic ring is 1. The molecular weight excluding hydrogens is 259 g/mol. The van der Waals surface area contributed by atoms with Gasteiger partial charge < -0.3 is 4.90 Å². The van der Waals surface area contributed by atoms with Crippen molar-refractivity contribution >= 4 is 5.91 Å². The third-order valence-electron chi connectivity index (χ3n) is 3.75. The van der Waals surface area contributed by atoms with Crippen LogP contribution in [0.5, 0.6) is 0 Å². The summed E-state index contributed by atoms with van der Waals surface area (Å²) in [4.78, 5) is 16.0. The first-order valence-electron chi connectivity index (χ1n) is 6.88. The Morgan fingerprint density at radius 1 is 1.30 bits per heavy atom. The molecule has 0 atom stereocenters. The summed E-state index contributed by atoms with van der Waals surface area (Å²) < 4.78 is 13.8. The van der Waals surface area contributed by atoms with Gasteiger partial charge in [-0.1, -0.05) is 6.92 Å². The van der Waals surface area contributed by atoms with Crippen molar-refractivity contribution in [3.8, 4) is 0 Å². The van der Waals surface area contributed by atoms with Crippen LogP contribution in [0.25, 0.3) is 0 Å². The molecule has 0 spiro atoms. The molecule has 110 valence electrons. The summed E-state index contributed by atoms with van der Waals surface area (Å²) in [7, 11) is 0. The van der Waals surface area contributed by atoms with Crippen molar-refractivity contribution in [3.05, 3.63) is 35.1 Å². The van der Waals surface area contributed by atoms with Crippen LogP contribution in [0.2, 0.25) is 0 Å². The van der Waals surface area contributed by atoms with E-state index in [0.29, 0.717) is 17.7 Å². The summed E-state index contributed by atoms with van der Waals surface area (Å²) in [5.41, 5.74) is 2.99. The highest BCUT2D eigenvalue weighted by Crippen LogP contribution is 2.14. The van der Waals surface area contributed by atoms with Crippen molar-refractivity contribution in [2.24, 2.45) is 5.84 Å². The molecular formula is C14H21FN4O. The number of nitrogens with zero attached hydrogens (tertiary/aromatic N) is 2. The molecule has 1 saturated heterocycles. The number of hydrazine groups is 1. The molecule has 1 aliphatic heterocycles. The number of nitrogens with one attached hydrogen (secondary N) is 1. The zero-order valence-corrected chi connectivity index (χ0v) is 11.7. The Morgan fingerprint density at radius 3 is 2.55 bits per heavy atom. The van der Waals surface area contributed by atoms with E-state index >= 15 is 0 Å². The molecule has 1 fully saturated rings. The Morgan fingerprint density at radius 2 is 1.95 bits per heavy atom. The fourth-order valence-electron chi connectivity index (χ4n) is 2.43. The molecule has 0 aromatic heterocycles. The van der Waals surface area contributed by atoms with Gasteiger partial charge in [0.25, 0.3) is 5.91 Å². The highest BCUT2D eigenvalue weighted by Gasteiger charge is 2.17. The first-order chi connectivity index (χ1) is 9.63. The minimum atomic E-state index is -0.401. The molecule has 1 aromatic rings. The summed E-state index contributed by atoms with van der Waals surface area (Å²) in [6.45, 7) is 7.55. The molecule has 0 radical (unpaired) electrons. The van der Waals surface area contributed by atoms with Gasteiger partial charge in [-0.3, -0.25) is 15.1 Å². The van der Waals surface area contributed by atoms with Crippen LogP contribution < -0.4 is 11.3 Å². The predicted molar refractivity (Wildman–Crippen MR) is 75.4 cm³/mol. The topological polar surface area (TPSA) is 61.6 Å². The van der Waals surface area contributed by atoms with Gasteiger partial charge in [-0.15, -0.1) is 0 Å². The van der Waals surface area contributed by atoms with E-state index in [1.54, 1.807) is 6.07 Å². The molecule has 0 unspecified atom stereocenters. The van der Waals surface area contributed by atoms with Crippen LogP contribution in [0.1, 0.15) is 22.8 Å². The lowest BCUT2D eigenvalue weighted by Gasteiger charge is -2.34. The quantitative estimate of drug-likeness (QED) is 0.481. The van der Waals surface area contributed by atoms with Gasteiger partial charge in [0.1, 0.15) is 5.82 Å². The number of piperazine rings is 1. The summed E-state index contributed by atoms with van der Waals surface area (Å²) in [6.07, 6.45) is 0. The zero-order chi connectivity index (χ0) is 14.5. The first-order valence-corrected chi connectivity index (χ1v) is 6.88. The van der Waals surface area contributed by atoms with E-state index in [0.717, 1.165) is 32.7 Å². The van der Waals surface area contributed by atoms with Crippen molar-refractivity contribution in [2.45, 2.75) is 13.5 Å². The number of hydrogen-bond acceptors (Lipinski definition) is 4. The lowest BCUT2D eigenvalue weighted by Crippen LogP contribution is -2.45. The Labute approximate surface area is 118 Å². The third-order valence-corrected chi connectivity index (χ3v) is 3.75. The molecule has 2 rings (SSSR count). The zero-order valence-electron chi connectivity index (χ0n) is 11.7. The number of likely N-dealkylation sites (N-methyl/N-ethyl adjacent to an activating group) is 1. The van der Waals surface area contributed by atoms with Crippen LogP contribution in [0.15, 0.2) is 18.2 Å². The fourth-order valence-corrected chi connectivity index (χ4v) is 2.43. The highest BCUT2D eigenvalue weighted by molar-refractivity contribution is 5.93. The smallest absolute Gasteiger partial charge is 0.265 e. The number of hydrogen-bond donors (Lipinski definition) is 2. The summed E-state index contributed by atoms with van der Waals surface area (Å²) in [5, 5.41) is 0. The molecule has 0 bridgehead atoms. The van der Waals surface area contributed by atoms with Crippen molar-refractivity contribution in [2.75, 3.05) is 32.7 Å². The predicted octanol–water partition coefficient (Wildman–Crippen LogP) is 0.567. The fraction of sp³-hybridized carbons (Fsp3) is 0.500. The van der Waals surface area contributed by atoms with Gasteiger partial charge in [0.2, 0.25) is 0 Å². The minimum absolute atomic E-state index is 0.281. The van der Waals surface area contributed by atoms with E-state index in [4.69, 9.17) is 5.84 Å². The SMILES string of the molecule is CCN1CCN(Cc2cc(C(=O)NN)ccc2F)CC1. The standard InChI is InChI=1S/C14H21FN4O/c1-2-18-5-7-19(8-6-18)10-12-9-11(14(20)17-16)3-4-13(12)15/h3-4,9H,2,5-8,10,16H2,1H3,(H,17,20).